The Hall–Kier alpha value is -0.870. The highest BCUT2D eigenvalue weighted by molar-refractivity contribution is 7.12. The summed E-state index contributed by atoms with van der Waals surface area (Å²) in [5, 5.41) is 10.3. The molecule has 1 rings (SSSR count). The van der Waals surface area contributed by atoms with Gasteiger partial charge in [0.25, 0.3) is 0 Å². The molecule has 102 valence electrons. The quantitative estimate of drug-likeness (QED) is 0.854. The zero-order valence-electron chi connectivity index (χ0n) is 11.7. The number of hydrogen-bond acceptors (Lipinski definition) is 4. The number of hydrogen-bond donors (Lipinski definition) is 1. The first-order valence-corrected chi connectivity index (χ1v) is 6.99. The summed E-state index contributed by atoms with van der Waals surface area (Å²) in [4.78, 5) is 13.6. The van der Waals surface area contributed by atoms with E-state index in [1.54, 1.807) is 11.3 Å². The lowest BCUT2D eigenvalue weighted by Gasteiger charge is -2.19. The fourth-order valence-corrected chi connectivity index (χ4v) is 2.90. The highest BCUT2D eigenvalue weighted by atomic mass is 32.1. The minimum absolute atomic E-state index is 0.0651. The number of aliphatic hydroxyl groups is 1. The van der Waals surface area contributed by atoms with Crippen LogP contribution in [0, 0.1) is 5.92 Å². The van der Waals surface area contributed by atoms with Crippen molar-refractivity contribution in [3.05, 3.63) is 21.9 Å². The molecule has 0 aromatic carbocycles. The van der Waals surface area contributed by atoms with Crippen molar-refractivity contribution in [1.82, 2.24) is 0 Å². The van der Waals surface area contributed by atoms with Crippen LogP contribution in [0.15, 0.2) is 12.1 Å². The van der Waals surface area contributed by atoms with Crippen LogP contribution in [0.1, 0.15) is 50.0 Å². The third kappa shape index (κ3) is 3.33. The molecule has 2 unspecified atom stereocenters. The predicted molar refractivity (Wildman–Crippen MR) is 73.8 cm³/mol. The van der Waals surface area contributed by atoms with E-state index in [4.69, 9.17) is 4.74 Å². The van der Waals surface area contributed by atoms with Crippen molar-refractivity contribution in [2.24, 2.45) is 5.92 Å². The summed E-state index contributed by atoms with van der Waals surface area (Å²) < 4.78 is 4.73. The normalized spacial score (nSPS) is 15.2. The van der Waals surface area contributed by atoms with Crippen molar-refractivity contribution in [2.45, 2.75) is 45.6 Å². The highest BCUT2D eigenvalue weighted by Crippen LogP contribution is 2.35. The fourth-order valence-electron chi connectivity index (χ4n) is 1.78. The van der Waals surface area contributed by atoms with Gasteiger partial charge in [0.05, 0.1) is 13.0 Å². The van der Waals surface area contributed by atoms with E-state index in [1.807, 2.05) is 19.1 Å². The number of aliphatic hydroxyl groups excluding tert-OH is 1. The van der Waals surface area contributed by atoms with E-state index in [1.165, 1.54) is 12.0 Å². The summed E-state index contributed by atoms with van der Waals surface area (Å²) in [5.74, 6) is -0.836. The molecular weight excluding hydrogens is 248 g/mol. The van der Waals surface area contributed by atoms with E-state index in [2.05, 4.69) is 20.8 Å². The van der Waals surface area contributed by atoms with Crippen molar-refractivity contribution >= 4 is 17.3 Å². The largest absolute Gasteiger partial charge is 0.469 e. The molecule has 1 aromatic rings. The molecule has 4 heteroatoms. The van der Waals surface area contributed by atoms with Gasteiger partial charge in [0.1, 0.15) is 6.10 Å². The zero-order chi connectivity index (χ0) is 13.9. The van der Waals surface area contributed by atoms with Crippen molar-refractivity contribution in [3.63, 3.8) is 0 Å². The van der Waals surface area contributed by atoms with Gasteiger partial charge in [-0.3, -0.25) is 4.79 Å². The minimum Gasteiger partial charge on any atom is -0.469 e. The van der Waals surface area contributed by atoms with E-state index in [0.717, 1.165) is 4.88 Å². The number of carbonyl (C=O) groups is 1. The molecule has 0 spiro atoms. The Morgan fingerprint density at radius 3 is 2.44 bits per heavy atom. The molecule has 0 aliphatic heterocycles. The van der Waals surface area contributed by atoms with Gasteiger partial charge in [-0.2, -0.15) is 0 Å². The lowest BCUT2D eigenvalue weighted by Crippen LogP contribution is -2.22. The molecule has 0 aliphatic rings. The van der Waals surface area contributed by atoms with Gasteiger partial charge in [-0.05, 0) is 24.0 Å². The van der Waals surface area contributed by atoms with Crippen molar-refractivity contribution in [3.8, 4) is 0 Å². The third-order valence-electron chi connectivity index (χ3n) is 2.98. The summed E-state index contributed by atoms with van der Waals surface area (Å²) >= 11 is 1.56. The SMILES string of the molecule is CCC(C(=O)OC)C(O)c1ccc(C(C)(C)C)s1. The summed E-state index contributed by atoms with van der Waals surface area (Å²) in [7, 11) is 1.35. The Labute approximate surface area is 113 Å². The molecule has 0 aliphatic carbocycles. The van der Waals surface area contributed by atoms with Gasteiger partial charge < -0.3 is 9.84 Å². The Morgan fingerprint density at radius 1 is 1.44 bits per heavy atom. The molecule has 0 amide bonds. The second-order valence-corrected chi connectivity index (χ2v) is 6.55. The van der Waals surface area contributed by atoms with Crippen molar-refractivity contribution in [2.75, 3.05) is 7.11 Å². The topological polar surface area (TPSA) is 46.5 Å². The number of ether oxygens (including phenoxy) is 1. The Morgan fingerprint density at radius 2 is 2.06 bits per heavy atom. The van der Waals surface area contributed by atoms with E-state index in [-0.39, 0.29) is 11.4 Å². The van der Waals surface area contributed by atoms with Crippen LogP contribution in [0.25, 0.3) is 0 Å². The van der Waals surface area contributed by atoms with E-state index >= 15 is 0 Å². The van der Waals surface area contributed by atoms with Crippen LogP contribution in [0.3, 0.4) is 0 Å². The molecule has 1 aromatic heterocycles. The van der Waals surface area contributed by atoms with Crippen molar-refractivity contribution < 1.29 is 14.6 Å². The first kappa shape index (κ1) is 15.2. The van der Waals surface area contributed by atoms with Crippen LogP contribution in [0.2, 0.25) is 0 Å². The van der Waals surface area contributed by atoms with Gasteiger partial charge in [-0.25, -0.2) is 0 Å². The molecule has 1 heterocycles. The Kier molecular flexibility index (Phi) is 4.93. The summed E-state index contributed by atoms with van der Waals surface area (Å²) in [6.07, 6.45) is -0.208. The first-order chi connectivity index (χ1) is 8.31. The Bertz CT molecular complexity index is 403. The fraction of sp³-hybridized carbons (Fsp3) is 0.643. The van der Waals surface area contributed by atoms with Crippen LogP contribution in [0.4, 0.5) is 0 Å². The Balaban J connectivity index is 2.93. The van der Waals surface area contributed by atoms with Gasteiger partial charge in [0, 0.05) is 9.75 Å². The number of thiophene rings is 1. The highest BCUT2D eigenvalue weighted by Gasteiger charge is 2.29. The molecule has 0 saturated heterocycles. The van der Waals surface area contributed by atoms with Crippen LogP contribution in [-0.2, 0) is 14.9 Å². The maximum absolute atomic E-state index is 11.6. The summed E-state index contributed by atoms with van der Waals surface area (Å²) in [6.45, 7) is 8.27. The second kappa shape index (κ2) is 5.85. The molecule has 0 fully saturated rings. The second-order valence-electron chi connectivity index (χ2n) is 5.43. The maximum atomic E-state index is 11.6. The van der Waals surface area contributed by atoms with E-state index < -0.39 is 12.0 Å². The third-order valence-corrected chi connectivity index (χ3v) is 4.56. The monoisotopic (exact) mass is 270 g/mol. The molecule has 18 heavy (non-hydrogen) atoms. The van der Waals surface area contributed by atoms with Gasteiger partial charge in [-0.15, -0.1) is 11.3 Å². The number of carbonyl (C=O) groups excluding carboxylic acids is 1. The summed E-state index contributed by atoms with van der Waals surface area (Å²) in [6, 6.07) is 3.93. The lowest BCUT2D eigenvalue weighted by atomic mass is 9.94. The minimum atomic E-state index is -0.774. The van der Waals surface area contributed by atoms with Crippen LogP contribution in [0.5, 0.6) is 0 Å². The van der Waals surface area contributed by atoms with Crippen LogP contribution < -0.4 is 0 Å². The van der Waals surface area contributed by atoms with Gasteiger partial charge in [-0.1, -0.05) is 27.7 Å². The molecule has 3 nitrogen and oxygen atoms in total. The molecule has 0 radical (unpaired) electrons. The summed E-state index contributed by atoms with van der Waals surface area (Å²) in [5.41, 5.74) is 0.0651. The van der Waals surface area contributed by atoms with Gasteiger partial charge in [0.2, 0.25) is 0 Å². The van der Waals surface area contributed by atoms with Crippen LogP contribution in [-0.4, -0.2) is 18.2 Å². The molecule has 1 N–H and O–H groups in total. The number of rotatable bonds is 4. The number of esters is 1. The first-order valence-electron chi connectivity index (χ1n) is 6.17. The molecule has 2 atom stereocenters. The van der Waals surface area contributed by atoms with Crippen LogP contribution >= 0.6 is 11.3 Å². The smallest absolute Gasteiger partial charge is 0.311 e. The maximum Gasteiger partial charge on any atom is 0.311 e. The van der Waals surface area contributed by atoms with Gasteiger partial charge >= 0.3 is 5.97 Å². The van der Waals surface area contributed by atoms with E-state index in [0.29, 0.717) is 6.42 Å². The predicted octanol–water partition coefficient (Wildman–Crippen LogP) is 3.28. The zero-order valence-corrected chi connectivity index (χ0v) is 12.5. The molecule has 0 bridgehead atoms. The average Bonchev–Trinajstić information content (AvgIpc) is 2.78. The van der Waals surface area contributed by atoms with Gasteiger partial charge in [0.15, 0.2) is 0 Å². The van der Waals surface area contributed by atoms with Crippen molar-refractivity contribution in [1.29, 1.82) is 0 Å². The lowest BCUT2D eigenvalue weighted by molar-refractivity contribution is -0.149. The molecular formula is C14H22O3S. The molecule has 0 saturated carbocycles. The standard InChI is InChI=1S/C14H22O3S/c1-6-9(13(16)17-5)12(15)10-7-8-11(18-10)14(2,3)4/h7-9,12,15H,6H2,1-5H3. The average molecular weight is 270 g/mol. The van der Waals surface area contributed by atoms with E-state index in [9.17, 15) is 9.90 Å². The number of methoxy groups -OCH3 is 1.